The second-order valence-electron chi connectivity index (χ2n) is 6.56. The highest BCUT2D eigenvalue weighted by Crippen LogP contribution is 2.17. The van der Waals surface area contributed by atoms with Crippen LogP contribution in [-0.2, 0) is 29.5 Å². The van der Waals surface area contributed by atoms with E-state index >= 15 is 0 Å². The Bertz CT molecular complexity index is 838. The number of hydrogen-bond donors (Lipinski definition) is 2. The van der Waals surface area contributed by atoms with E-state index in [1.165, 1.54) is 0 Å². The van der Waals surface area contributed by atoms with E-state index in [0.717, 1.165) is 17.7 Å². The van der Waals surface area contributed by atoms with Crippen molar-refractivity contribution in [3.05, 3.63) is 53.3 Å². The van der Waals surface area contributed by atoms with Gasteiger partial charge in [-0.2, -0.15) is 5.10 Å². The number of nitrogens with one attached hydrogen (secondary N) is 2. The van der Waals surface area contributed by atoms with E-state index in [1.807, 2.05) is 37.3 Å². The van der Waals surface area contributed by atoms with Crippen LogP contribution in [0.2, 0.25) is 0 Å². The summed E-state index contributed by atoms with van der Waals surface area (Å²) in [7, 11) is -3.26. The Morgan fingerprint density at radius 3 is 2.77 bits per heavy atom. The molecule has 2 heterocycles. The molecule has 0 saturated carbocycles. The van der Waals surface area contributed by atoms with Crippen LogP contribution in [-0.4, -0.2) is 35.9 Å². The molecule has 1 aromatic heterocycles. The first kappa shape index (κ1) is 18.6. The highest BCUT2D eigenvalue weighted by Gasteiger charge is 2.28. The summed E-state index contributed by atoms with van der Waals surface area (Å²) < 4.78 is 28.5. The fraction of sp³-hybridized carbons (Fsp3) is 0.444. The maximum Gasteiger partial charge on any atom is 0.272 e. The molecule has 0 bridgehead atoms. The van der Waals surface area contributed by atoms with E-state index in [1.54, 1.807) is 10.7 Å². The molecule has 0 spiro atoms. The number of benzene rings is 1. The standard InChI is InChI=1S/C18H24N4O3S/c1-2-3-9-26(24,25)21-15-10-16-11-17(20-22(16)13-15)18(23)19-12-14-7-5-4-6-8-14/h4-8,11,15,21H,2-3,9-10,12-13H2,1H3,(H,19,23). The largest absolute Gasteiger partial charge is 0.347 e. The highest BCUT2D eigenvalue weighted by molar-refractivity contribution is 7.89. The smallest absolute Gasteiger partial charge is 0.272 e. The van der Waals surface area contributed by atoms with Gasteiger partial charge in [-0.3, -0.25) is 9.48 Å². The Kier molecular flexibility index (Phi) is 5.73. The van der Waals surface area contributed by atoms with Crippen molar-refractivity contribution >= 4 is 15.9 Å². The number of sulfonamides is 1. The molecule has 0 aliphatic carbocycles. The molecule has 2 aromatic rings. The van der Waals surface area contributed by atoms with E-state index in [0.29, 0.717) is 31.6 Å². The van der Waals surface area contributed by atoms with E-state index in [2.05, 4.69) is 15.1 Å². The van der Waals surface area contributed by atoms with Crippen molar-refractivity contribution in [1.29, 1.82) is 0 Å². The zero-order valence-electron chi connectivity index (χ0n) is 14.8. The molecule has 0 saturated heterocycles. The SMILES string of the molecule is CCCCS(=O)(=O)NC1Cc2cc(C(=O)NCc3ccccc3)nn2C1. The maximum absolute atomic E-state index is 12.3. The molecule has 1 atom stereocenters. The molecule has 26 heavy (non-hydrogen) atoms. The monoisotopic (exact) mass is 376 g/mol. The Morgan fingerprint density at radius 1 is 1.31 bits per heavy atom. The van der Waals surface area contributed by atoms with Gasteiger partial charge in [0, 0.05) is 24.7 Å². The second-order valence-corrected chi connectivity index (χ2v) is 8.44. The molecule has 140 valence electrons. The van der Waals surface area contributed by atoms with Gasteiger partial charge in [-0.15, -0.1) is 0 Å². The van der Waals surface area contributed by atoms with Crippen molar-refractivity contribution in [3.8, 4) is 0 Å². The number of carbonyl (C=O) groups is 1. The normalized spacial score (nSPS) is 16.4. The summed E-state index contributed by atoms with van der Waals surface area (Å²) >= 11 is 0. The average molecular weight is 376 g/mol. The summed E-state index contributed by atoms with van der Waals surface area (Å²) in [6.45, 7) is 2.86. The Morgan fingerprint density at radius 2 is 2.08 bits per heavy atom. The zero-order chi connectivity index (χ0) is 18.6. The number of nitrogens with zero attached hydrogens (tertiary/aromatic N) is 2. The molecule has 1 amide bonds. The Labute approximate surface area is 153 Å². The lowest BCUT2D eigenvalue weighted by atomic mass is 10.2. The van der Waals surface area contributed by atoms with Gasteiger partial charge in [-0.25, -0.2) is 13.1 Å². The number of unbranched alkanes of at least 4 members (excludes halogenated alkanes) is 1. The minimum atomic E-state index is -3.26. The van der Waals surface area contributed by atoms with Crippen molar-refractivity contribution < 1.29 is 13.2 Å². The molecular weight excluding hydrogens is 352 g/mol. The number of aromatic nitrogens is 2. The van der Waals surface area contributed by atoms with Crippen LogP contribution in [0, 0.1) is 0 Å². The molecule has 0 radical (unpaired) electrons. The van der Waals surface area contributed by atoms with Gasteiger partial charge in [0.2, 0.25) is 10.0 Å². The Hall–Kier alpha value is -2.19. The molecule has 2 N–H and O–H groups in total. The second kappa shape index (κ2) is 8.01. The van der Waals surface area contributed by atoms with Crippen LogP contribution in [0.15, 0.2) is 36.4 Å². The quantitative estimate of drug-likeness (QED) is 0.729. The first-order valence-corrected chi connectivity index (χ1v) is 10.5. The molecular formula is C18H24N4O3S. The van der Waals surface area contributed by atoms with Crippen molar-refractivity contribution in [3.63, 3.8) is 0 Å². The van der Waals surface area contributed by atoms with Crippen LogP contribution in [0.1, 0.15) is 41.5 Å². The number of rotatable bonds is 8. The molecule has 1 aliphatic rings. The van der Waals surface area contributed by atoms with Gasteiger partial charge in [0.25, 0.3) is 5.91 Å². The van der Waals surface area contributed by atoms with E-state index in [-0.39, 0.29) is 17.7 Å². The van der Waals surface area contributed by atoms with E-state index < -0.39 is 10.0 Å². The molecule has 0 fully saturated rings. The summed E-state index contributed by atoms with van der Waals surface area (Å²) in [5, 5.41) is 7.17. The summed E-state index contributed by atoms with van der Waals surface area (Å²) in [6, 6.07) is 11.2. The number of hydrogen-bond acceptors (Lipinski definition) is 4. The van der Waals surface area contributed by atoms with Crippen LogP contribution in [0.3, 0.4) is 0 Å². The average Bonchev–Trinajstić information content (AvgIpc) is 3.17. The fourth-order valence-corrected chi connectivity index (χ4v) is 4.46. The van der Waals surface area contributed by atoms with Crippen LogP contribution >= 0.6 is 0 Å². The lowest BCUT2D eigenvalue weighted by Gasteiger charge is -2.12. The molecule has 1 aromatic carbocycles. The van der Waals surface area contributed by atoms with Crippen LogP contribution < -0.4 is 10.0 Å². The number of carbonyl (C=O) groups excluding carboxylic acids is 1. The van der Waals surface area contributed by atoms with Gasteiger partial charge in [0.05, 0.1) is 12.3 Å². The van der Waals surface area contributed by atoms with Crippen molar-refractivity contribution in [2.75, 3.05) is 5.75 Å². The molecule has 1 unspecified atom stereocenters. The predicted molar refractivity (Wildman–Crippen MR) is 99.2 cm³/mol. The van der Waals surface area contributed by atoms with Gasteiger partial charge >= 0.3 is 0 Å². The Balaban J connectivity index is 1.54. The summed E-state index contributed by atoms with van der Waals surface area (Å²) in [6.07, 6.45) is 2.04. The zero-order valence-corrected chi connectivity index (χ0v) is 15.6. The predicted octanol–water partition coefficient (Wildman–Crippen LogP) is 1.46. The van der Waals surface area contributed by atoms with Crippen LogP contribution in [0.4, 0.5) is 0 Å². The third-order valence-corrected chi connectivity index (χ3v) is 5.87. The third kappa shape index (κ3) is 4.70. The van der Waals surface area contributed by atoms with Crippen molar-refractivity contribution in [2.45, 2.75) is 45.3 Å². The van der Waals surface area contributed by atoms with Crippen molar-refractivity contribution in [2.24, 2.45) is 0 Å². The van der Waals surface area contributed by atoms with Gasteiger partial charge < -0.3 is 5.32 Å². The highest BCUT2D eigenvalue weighted by atomic mass is 32.2. The molecule has 3 rings (SSSR count). The van der Waals surface area contributed by atoms with E-state index in [4.69, 9.17) is 0 Å². The van der Waals surface area contributed by atoms with Gasteiger partial charge in [0.1, 0.15) is 5.69 Å². The molecule has 8 heteroatoms. The maximum atomic E-state index is 12.3. The minimum absolute atomic E-state index is 0.148. The first-order valence-electron chi connectivity index (χ1n) is 8.85. The third-order valence-electron chi connectivity index (χ3n) is 4.35. The van der Waals surface area contributed by atoms with Gasteiger partial charge in [0.15, 0.2) is 0 Å². The molecule has 7 nitrogen and oxygen atoms in total. The van der Waals surface area contributed by atoms with E-state index in [9.17, 15) is 13.2 Å². The summed E-state index contributed by atoms with van der Waals surface area (Å²) in [4.78, 5) is 12.3. The lowest BCUT2D eigenvalue weighted by molar-refractivity contribution is 0.0945. The first-order chi connectivity index (χ1) is 12.5. The number of amides is 1. The topological polar surface area (TPSA) is 93.1 Å². The van der Waals surface area contributed by atoms with Crippen LogP contribution in [0.5, 0.6) is 0 Å². The van der Waals surface area contributed by atoms with Crippen LogP contribution in [0.25, 0.3) is 0 Å². The summed E-state index contributed by atoms with van der Waals surface area (Å²) in [5.74, 6) is -0.0778. The number of fused-ring (bicyclic) bond motifs is 1. The van der Waals surface area contributed by atoms with Crippen molar-refractivity contribution in [1.82, 2.24) is 19.8 Å². The lowest BCUT2D eigenvalue weighted by Crippen LogP contribution is -2.37. The van der Waals surface area contributed by atoms with Gasteiger partial charge in [-0.1, -0.05) is 43.7 Å². The molecule has 1 aliphatic heterocycles. The summed E-state index contributed by atoms with van der Waals surface area (Å²) in [5.41, 5.74) is 2.26. The minimum Gasteiger partial charge on any atom is -0.347 e. The fourth-order valence-electron chi connectivity index (χ4n) is 3.01. The van der Waals surface area contributed by atoms with Gasteiger partial charge in [-0.05, 0) is 18.1 Å².